The first-order valence-electron chi connectivity index (χ1n) is 6.14. The number of rotatable bonds is 3. The summed E-state index contributed by atoms with van der Waals surface area (Å²) in [6.07, 6.45) is 2.73. The van der Waals surface area contributed by atoms with Gasteiger partial charge in [0.05, 0.1) is 15.7 Å². The van der Waals surface area contributed by atoms with Crippen molar-refractivity contribution in [2.75, 3.05) is 18.8 Å². The van der Waals surface area contributed by atoms with Gasteiger partial charge in [-0.15, -0.1) is 0 Å². The van der Waals surface area contributed by atoms with E-state index in [4.69, 9.17) is 23.2 Å². The fourth-order valence-corrected chi connectivity index (χ4v) is 3.34. The summed E-state index contributed by atoms with van der Waals surface area (Å²) in [4.78, 5) is 7.04. The van der Waals surface area contributed by atoms with Crippen LogP contribution in [0.4, 0.5) is 5.69 Å². The molecule has 1 aliphatic heterocycles. The summed E-state index contributed by atoms with van der Waals surface area (Å²) >= 11 is 14.0. The average Bonchev–Trinajstić information content (AvgIpc) is 3.06. The Morgan fingerprint density at radius 1 is 1.33 bits per heavy atom. The number of aliphatic imine (C=N–C) groups is 1. The number of hydrogen-bond acceptors (Lipinski definition) is 2. The summed E-state index contributed by atoms with van der Waals surface area (Å²) in [5, 5.41) is 2.20. The lowest BCUT2D eigenvalue weighted by atomic mass is 10.3. The lowest BCUT2D eigenvalue weighted by Crippen LogP contribution is -2.26. The lowest BCUT2D eigenvalue weighted by molar-refractivity contribution is 0.438. The Labute approximate surface area is 121 Å². The van der Waals surface area contributed by atoms with Gasteiger partial charge in [0.2, 0.25) is 0 Å². The molecule has 0 N–H and O–H groups in total. The zero-order chi connectivity index (χ0) is 12.5. The molecule has 1 aromatic rings. The molecule has 1 saturated heterocycles. The van der Waals surface area contributed by atoms with E-state index in [0.717, 1.165) is 35.6 Å². The Morgan fingerprint density at radius 2 is 2.17 bits per heavy atom. The van der Waals surface area contributed by atoms with Crippen LogP contribution in [-0.2, 0) is 0 Å². The average molecular weight is 301 g/mol. The highest BCUT2D eigenvalue weighted by Crippen LogP contribution is 2.35. The summed E-state index contributed by atoms with van der Waals surface area (Å²) in [5.74, 6) is 1.99. The highest BCUT2D eigenvalue weighted by Gasteiger charge is 2.28. The highest BCUT2D eigenvalue weighted by molar-refractivity contribution is 8.14. The molecule has 0 spiro atoms. The fourth-order valence-electron chi connectivity index (χ4n) is 2.00. The Morgan fingerprint density at radius 3 is 2.94 bits per heavy atom. The molecule has 18 heavy (non-hydrogen) atoms. The topological polar surface area (TPSA) is 15.6 Å². The zero-order valence-electron chi connectivity index (χ0n) is 9.90. The molecule has 2 fully saturated rings. The maximum Gasteiger partial charge on any atom is 0.164 e. The van der Waals surface area contributed by atoms with Crippen LogP contribution < -0.4 is 0 Å². The molecule has 1 heterocycles. The molecule has 0 atom stereocenters. The monoisotopic (exact) mass is 300 g/mol. The minimum absolute atomic E-state index is 0.547. The first kappa shape index (κ1) is 12.6. The molecule has 0 radical (unpaired) electrons. The van der Waals surface area contributed by atoms with Gasteiger partial charge < -0.3 is 4.90 Å². The van der Waals surface area contributed by atoms with Gasteiger partial charge in [-0.25, -0.2) is 4.99 Å². The first-order chi connectivity index (χ1) is 8.74. The van der Waals surface area contributed by atoms with Gasteiger partial charge in [0.25, 0.3) is 0 Å². The van der Waals surface area contributed by atoms with Crippen molar-refractivity contribution in [1.29, 1.82) is 0 Å². The van der Waals surface area contributed by atoms with E-state index >= 15 is 0 Å². The third-order valence-corrected chi connectivity index (χ3v) is 4.99. The van der Waals surface area contributed by atoms with Crippen LogP contribution in [0.1, 0.15) is 12.8 Å². The van der Waals surface area contributed by atoms with E-state index in [1.165, 1.54) is 12.8 Å². The van der Waals surface area contributed by atoms with E-state index < -0.39 is 0 Å². The second-order valence-corrected chi connectivity index (χ2v) is 6.55. The zero-order valence-corrected chi connectivity index (χ0v) is 12.2. The Bertz CT molecular complexity index is 486. The number of nitrogens with zero attached hydrogens (tertiary/aromatic N) is 2. The molecule has 0 bridgehead atoms. The van der Waals surface area contributed by atoms with Crippen LogP contribution in [0.15, 0.2) is 23.2 Å². The predicted octanol–water partition coefficient (Wildman–Crippen LogP) is 4.44. The van der Waals surface area contributed by atoms with E-state index in [-0.39, 0.29) is 0 Å². The number of hydrogen-bond donors (Lipinski definition) is 0. The van der Waals surface area contributed by atoms with Crippen molar-refractivity contribution in [2.45, 2.75) is 12.8 Å². The van der Waals surface area contributed by atoms with Gasteiger partial charge >= 0.3 is 0 Å². The molecule has 3 rings (SSSR count). The molecular weight excluding hydrogens is 287 g/mol. The molecule has 0 amide bonds. The highest BCUT2D eigenvalue weighted by atomic mass is 35.5. The van der Waals surface area contributed by atoms with Crippen LogP contribution in [0.3, 0.4) is 0 Å². The van der Waals surface area contributed by atoms with E-state index in [0.29, 0.717) is 10.0 Å². The van der Waals surface area contributed by atoms with Crippen molar-refractivity contribution in [3.8, 4) is 0 Å². The van der Waals surface area contributed by atoms with Crippen LogP contribution in [0.2, 0.25) is 10.0 Å². The smallest absolute Gasteiger partial charge is 0.164 e. The molecule has 96 valence electrons. The van der Waals surface area contributed by atoms with Crippen molar-refractivity contribution >= 4 is 45.8 Å². The van der Waals surface area contributed by atoms with Crippen molar-refractivity contribution in [3.63, 3.8) is 0 Å². The van der Waals surface area contributed by atoms with Crippen molar-refractivity contribution < 1.29 is 0 Å². The molecule has 2 aliphatic rings. The standard InChI is InChI=1S/C13H14Cl2N2S/c14-10-2-1-3-11(12(10)15)16-13-17(6-7-18-13)8-9-4-5-9/h1-3,9H,4-8H2. The summed E-state index contributed by atoms with van der Waals surface area (Å²) in [7, 11) is 0. The second-order valence-electron chi connectivity index (χ2n) is 4.71. The molecule has 5 heteroatoms. The van der Waals surface area contributed by atoms with Crippen molar-refractivity contribution in [2.24, 2.45) is 10.9 Å². The Hall–Kier alpha value is -0.380. The minimum atomic E-state index is 0.547. The SMILES string of the molecule is Clc1cccc(N=C2SCCN2CC2CC2)c1Cl. The first-order valence-corrected chi connectivity index (χ1v) is 7.88. The van der Waals surface area contributed by atoms with Crippen LogP contribution in [0.5, 0.6) is 0 Å². The lowest BCUT2D eigenvalue weighted by Gasteiger charge is -2.17. The number of amidine groups is 1. The van der Waals surface area contributed by atoms with Gasteiger partial charge in [-0.2, -0.15) is 0 Å². The van der Waals surface area contributed by atoms with Crippen molar-refractivity contribution in [1.82, 2.24) is 4.90 Å². The maximum absolute atomic E-state index is 6.17. The number of halogens is 2. The van der Waals surface area contributed by atoms with E-state index in [9.17, 15) is 0 Å². The molecule has 0 aromatic heterocycles. The second kappa shape index (κ2) is 5.32. The molecule has 0 unspecified atom stereocenters. The van der Waals surface area contributed by atoms with E-state index in [2.05, 4.69) is 9.89 Å². The maximum atomic E-state index is 6.17. The van der Waals surface area contributed by atoms with Crippen LogP contribution in [0.25, 0.3) is 0 Å². The number of benzene rings is 1. The van der Waals surface area contributed by atoms with E-state index in [1.807, 2.05) is 12.1 Å². The molecule has 1 aliphatic carbocycles. The Balaban J connectivity index is 1.82. The third-order valence-electron chi connectivity index (χ3n) is 3.19. The van der Waals surface area contributed by atoms with Gasteiger partial charge in [0.15, 0.2) is 5.17 Å². The minimum Gasteiger partial charge on any atom is -0.350 e. The molecular formula is C13H14Cl2N2S. The van der Waals surface area contributed by atoms with Crippen LogP contribution in [0, 0.1) is 5.92 Å². The van der Waals surface area contributed by atoms with Crippen LogP contribution in [-0.4, -0.2) is 28.9 Å². The summed E-state index contributed by atoms with van der Waals surface area (Å²) in [6, 6.07) is 5.59. The summed E-state index contributed by atoms with van der Waals surface area (Å²) in [5.41, 5.74) is 0.773. The molecule has 1 saturated carbocycles. The van der Waals surface area contributed by atoms with Gasteiger partial charge in [0, 0.05) is 18.8 Å². The summed E-state index contributed by atoms with van der Waals surface area (Å²) in [6.45, 7) is 2.24. The van der Waals surface area contributed by atoms with Crippen molar-refractivity contribution in [3.05, 3.63) is 28.2 Å². The third kappa shape index (κ3) is 2.79. The van der Waals surface area contributed by atoms with Gasteiger partial charge in [-0.3, -0.25) is 0 Å². The largest absolute Gasteiger partial charge is 0.350 e. The predicted molar refractivity (Wildman–Crippen MR) is 80.3 cm³/mol. The summed E-state index contributed by atoms with van der Waals surface area (Å²) < 4.78 is 0. The van der Waals surface area contributed by atoms with Gasteiger partial charge in [-0.05, 0) is 30.9 Å². The van der Waals surface area contributed by atoms with E-state index in [1.54, 1.807) is 17.8 Å². The normalized spacial score (nSPS) is 21.9. The molecule has 1 aromatic carbocycles. The fraction of sp³-hybridized carbons (Fsp3) is 0.462. The van der Waals surface area contributed by atoms with Gasteiger partial charge in [-0.1, -0.05) is 41.0 Å². The quantitative estimate of drug-likeness (QED) is 0.820. The number of thioether (sulfide) groups is 1. The van der Waals surface area contributed by atoms with Crippen LogP contribution >= 0.6 is 35.0 Å². The van der Waals surface area contributed by atoms with Gasteiger partial charge in [0.1, 0.15) is 0 Å². The molecule has 2 nitrogen and oxygen atoms in total. The Kier molecular flexibility index (Phi) is 3.73.